The summed E-state index contributed by atoms with van der Waals surface area (Å²) in [6, 6.07) is 16.0. The lowest BCUT2D eigenvalue weighted by atomic mass is 10.1. The summed E-state index contributed by atoms with van der Waals surface area (Å²) >= 11 is 7.82. The molecule has 33 heavy (non-hydrogen) atoms. The van der Waals surface area contributed by atoms with E-state index in [9.17, 15) is 5.11 Å². The number of thioether (sulfide) groups is 1. The first-order valence-electron chi connectivity index (χ1n) is 11.3. The maximum absolute atomic E-state index is 9.61. The lowest BCUT2D eigenvalue weighted by Crippen LogP contribution is -2.30. The molecular weight excluding hydrogens is 456 g/mol. The topological polar surface area (TPSA) is 72.0 Å². The van der Waals surface area contributed by atoms with Gasteiger partial charge >= 0.3 is 0 Å². The second-order valence-corrected chi connectivity index (χ2v) is 9.61. The first-order chi connectivity index (χ1) is 16.2. The Morgan fingerprint density at radius 3 is 2.58 bits per heavy atom. The van der Waals surface area contributed by atoms with Crippen molar-refractivity contribution in [3.8, 4) is 5.69 Å². The van der Waals surface area contributed by atoms with Gasteiger partial charge in [-0.2, -0.15) is 0 Å². The third kappa shape index (κ3) is 4.94. The number of benzene rings is 2. The number of hydrogen-bond acceptors (Lipinski definition) is 6. The van der Waals surface area contributed by atoms with Crippen LogP contribution in [0.25, 0.3) is 16.7 Å². The van der Waals surface area contributed by atoms with E-state index in [0.717, 1.165) is 53.2 Å². The summed E-state index contributed by atoms with van der Waals surface area (Å²) in [5.41, 5.74) is 2.87. The van der Waals surface area contributed by atoms with Gasteiger partial charge in [0.25, 0.3) is 0 Å². The molecule has 5 rings (SSSR count). The van der Waals surface area contributed by atoms with Crippen molar-refractivity contribution in [1.29, 1.82) is 0 Å². The van der Waals surface area contributed by atoms with Gasteiger partial charge in [-0.15, -0.1) is 10.2 Å². The summed E-state index contributed by atoms with van der Waals surface area (Å²) < 4.78 is 4.20. The van der Waals surface area contributed by atoms with E-state index in [1.165, 1.54) is 19.3 Å². The van der Waals surface area contributed by atoms with E-state index in [1.807, 2.05) is 41.0 Å². The number of imidazole rings is 1. The number of fused-ring (bicyclic) bond motifs is 1. The Bertz CT molecular complexity index is 1220. The van der Waals surface area contributed by atoms with Crippen LogP contribution in [0.1, 0.15) is 30.9 Å². The molecule has 7 nitrogen and oxygen atoms in total. The van der Waals surface area contributed by atoms with Gasteiger partial charge in [0.15, 0.2) is 11.0 Å². The molecule has 2 aromatic heterocycles. The number of piperidine rings is 1. The summed E-state index contributed by atoms with van der Waals surface area (Å²) in [5, 5.41) is 20.2. The third-order valence-electron chi connectivity index (χ3n) is 5.97. The number of aromatic nitrogens is 5. The fourth-order valence-electron chi connectivity index (χ4n) is 4.38. The minimum absolute atomic E-state index is 0.0375. The minimum Gasteiger partial charge on any atom is -0.395 e. The van der Waals surface area contributed by atoms with E-state index in [1.54, 1.807) is 11.8 Å². The zero-order valence-electron chi connectivity index (χ0n) is 18.4. The van der Waals surface area contributed by atoms with E-state index in [4.69, 9.17) is 16.6 Å². The number of hydrogen-bond donors (Lipinski definition) is 1. The Balaban J connectivity index is 1.44. The second-order valence-electron chi connectivity index (χ2n) is 8.23. The zero-order chi connectivity index (χ0) is 22.6. The number of nitrogens with zero attached hydrogens (tertiary/aromatic N) is 6. The molecule has 1 aliphatic rings. The van der Waals surface area contributed by atoms with Crippen LogP contribution in [0.3, 0.4) is 0 Å². The molecule has 0 aliphatic carbocycles. The molecule has 0 bridgehead atoms. The van der Waals surface area contributed by atoms with Crippen LogP contribution in [0.2, 0.25) is 5.02 Å². The van der Waals surface area contributed by atoms with Crippen molar-refractivity contribution in [2.75, 3.05) is 19.7 Å². The zero-order valence-corrected chi connectivity index (χ0v) is 20.0. The first kappa shape index (κ1) is 22.4. The maximum Gasteiger partial charge on any atom is 0.196 e. The lowest BCUT2D eigenvalue weighted by Gasteiger charge is -2.26. The van der Waals surface area contributed by atoms with Gasteiger partial charge in [0.05, 0.1) is 29.9 Å². The van der Waals surface area contributed by atoms with Gasteiger partial charge in [-0.25, -0.2) is 4.98 Å². The van der Waals surface area contributed by atoms with Crippen molar-refractivity contribution < 1.29 is 5.11 Å². The summed E-state index contributed by atoms with van der Waals surface area (Å²) in [6.07, 6.45) is 3.79. The molecule has 0 amide bonds. The fraction of sp³-hybridized carbons (Fsp3) is 0.375. The number of para-hydroxylation sites is 1. The Kier molecular flexibility index (Phi) is 6.96. The molecule has 0 unspecified atom stereocenters. The Morgan fingerprint density at radius 2 is 1.79 bits per heavy atom. The van der Waals surface area contributed by atoms with Gasteiger partial charge in [0.1, 0.15) is 5.82 Å². The van der Waals surface area contributed by atoms with Crippen molar-refractivity contribution in [1.82, 2.24) is 29.2 Å². The highest BCUT2D eigenvalue weighted by Gasteiger charge is 2.20. The molecule has 1 fully saturated rings. The molecule has 1 N–H and O–H groups in total. The van der Waals surface area contributed by atoms with Gasteiger partial charge < -0.3 is 9.67 Å². The number of aliphatic hydroxyl groups is 1. The van der Waals surface area contributed by atoms with Crippen molar-refractivity contribution in [2.45, 2.75) is 43.3 Å². The molecule has 0 saturated carbocycles. The largest absolute Gasteiger partial charge is 0.395 e. The van der Waals surface area contributed by atoms with Crippen LogP contribution >= 0.6 is 23.4 Å². The average molecular weight is 483 g/mol. The third-order valence-corrected chi connectivity index (χ3v) is 7.13. The first-order valence-corrected chi connectivity index (χ1v) is 12.7. The number of halogens is 1. The normalized spacial score (nSPS) is 14.8. The molecule has 1 saturated heterocycles. The van der Waals surface area contributed by atoms with E-state index >= 15 is 0 Å². The predicted octanol–water partition coefficient (Wildman–Crippen LogP) is 4.54. The highest BCUT2D eigenvalue weighted by atomic mass is 35.5. The Hall–Kier alpha value is -2.39. The van der Waals surface area contributed by atoms with Gasteiger partial charge in [-0.3, -0.25) is 9.47 Å². The quantitative estimate of drug-likeness (QED) is 0.372. The van der Waals surface area contributed by atoms with Crippen LogP contribution in [-0.2, 0) is 18.8 Å². The monoisotopic (exact) mass is 482 g/mol. The predicted molar refractivity (Wildman–Crippen MR) is 132 cm³/mol. The number of aliphatic hydroxyl groups excluding tert-OH is 1. The van der Waals surface area contributed by atoms with E-state index in [0.29, 0.717) is 17.3 Å². The second kappa shape index (κ2) is 10.3. The molecule has 4 aromatic rings. The summed E-state index contributed by atoms with van der Waals surface area (Å²) in [6.45, 7) is 3.52. The highest BCUT2D eigenvalue weighted by molar-refractivity contribution is 7.98. The van der Waals surface area contributed by atoms with Crippen LogP contribution in [0.4, 0.5) is 0 Å². The Labute approximate surface area is 202 Å². The SMILES string of the molecule is OCCn1c(CSc2nnc(CN3CCCCC3)n2-c2ccccc2)nc2ccc(Cl)cc21. The van der Waals surface area contributed by atoms with E-state index in [-0.39, 0.29) is 6.61 Å². The molecule has 2 aromatic carbocycles. The van der Waals surface area contributed by atoms with Crippen LogP contribution < -0.4 is 0 Å². The van der Waals surface area contributed by atoms with E-state index < -0.39 is 0 Å². The molecule has 1 aliphatic heterocycles. The van der Waals surface area contributed by atoms with Gasteiger partial charge in [0, 0.05) is 17.3 Å². The highest BCUT2D eigenvalue weighted by Crippen LogP contribution is 2.28. The van der Waals surface area contributed by atoms with Crippen molar-refractivity contribution in [3.63, 3.8) is 0 Å². The van der Waals surface area contributed by atoms with Crippen LogP contribution in [0, 0.1) is 0 Å². The average Bonchev–Trinajstić information content (AvgIpc) is 3.40. The minimum atomic E-state index is 0.0375. The lowest BCUT2D eigenvalue weighted by molar-refractivity contribution is 0.214. The van der Waals surface area contributed by atoms with E-state index in [2.05, 4.69) is 31.8 Å². The van der Waals surface area contributed by atoms with Crippen molar-refractivity contribution >= 4 is 34.4 Å². The fourth-order valence-corrected chi connectivity index (χ4v) is 5.47. The molecule has 172 valence electrons. The summed E-state index contributed by atoms with van der Waals surface area (Å²) in [5.74, 6) is 2.45. The van der Waals surface area contributed by atoms with Crippen molar-refractivity contribution in [2.24, 2.45) is 0 Å². The summed E-state index contributed by atoms with van der Waals surface area (Å²) in [4.78, 5) is 7.26. The van der Waals surface area contributed by atoms with Gasteiger partial charge in [0.2, 0.25) is 0 Å². The van der Waals surface area contributed by atoms with Crippen molar-refractivity contribution in [3.05, 3.63) is 65.2 Å². The standard InChI is InChI=1S/C24H27ClN6OS/c25-18-9-10-20-21(15-18)30(13-14-32)23(26-20)17-33-24-28-27-22(16-29-11-5-2-6-12-29)31(24)19-7-3-1-4-8-19/h1,3-4,7-10,15,32H,2,5-6,11-14,16-17H2. The smallest absolute Gasteiger partial charge is 0.196 e. The van der Waals surface area contributed by atoms with Gasteiger partial charge in [-0.05, 0) is 56.3 Å². The number of likely N-dealkylation sites (tertiary alicyclic amines) is 1. The molecular formula is C24H27ClN6OS. The van der Waals surface area contributed by atoms with Crippen LogP contribution in [-0.4, -0.2) is 54.0 Å². The van der Waals surface area contributed by atoms with Gasteiger partial charge in [-0.1, -0.05) is 48.0 Å². The molecule has 3 heterocycles. The summed E-state index contributed by atoms with van der Waals surface area (Å²) in [7, 11) is 0. The molecule has 0 radical (unpaired) electrons. The Morgan fingerprint density at radius 1 is 0.970 bits per heavy atom. The molecule has 0 spiro atoms. The number of rotatable bonds is 8. The molecule has 0 atom stereocenters. The molecule has 9 heteroatoms. The van der Waals surface area contributed by atoms with Crippen LogP contribution in [0.15, 0.2) is 53.7 Å². The maximum atomic E-state index is 9.61. The van der Waals surface area contributed by atoms with Crippen LogP contribution in [0.5, 0.6) is 0 Å².